The zero-order valence-electron chi connectivity index (χ0n) is 31.2. The molecule has 3 aromatic heterocycles. The lowest BCUT2D eigenvalue weighted by Gasteiger charge is -2.18. The number of benzene rings is 7. The number of hydrogen-bond acceptors (Lipinski definition) is 3. The van der Waals surface area contributed by atoms with E-state index in [9.17, 15) is 4.39 Å². The van der Waals surface area contributed by atoms with Gasteiger partial charge in [-0.15, -0.1) is 11.3 Å². The highest BCUT2D eigenvalue weighted by Gasteiger charge is 2.18. The summed E-state index contributed by atoms with van der Waals surface area (Å²) in [5.41, 5.74) is 16.1. The van der Waals surface area contributed by atoms with E-state index in [2.05, 4.69) is 159 Å². The van der Waals surface area contributed by atoms with Crippen LogP contribution in [0.1, 0.15) is 5.56 Å². The van der Waals surface area contributed by atoms with Gasteiger partial charge in [-0.3, -0.25) is 9.97 Å². The van der Waals surface area contributed by atoms with Gasteiger partial charge in [0.15, 0.2) is 0 Å². The van der Waals surface area contributed by atoms with Crippen molar-refractivity contribution in [2.45, 2.75) is 6.92 Å². The summed E-state index contributed by atoms with van der Waals surface area (Å²) in [6, 6.07) is 62.8. The molecule has 0 N–H and O–H groups in total. The molecule has 0 atom stereocenters. The van der Waals surface area contributed by atoms with Crippen LogP contribution in [0, 0.1) is 12.7 Å². The molecule has 0 fully saturated rings. The third kappa shape index (κ3) is 6.60. The zero-order chi connectivity index (χ0) is 38.3. The molecule has 0 spiro atoms. The van der Waals surface area contributed by atoms with Gasteiger partial charge in [0.25, 0.3) is 0 Å². The third-order valence-electron chi connectivity index (χ3n) is 10.7. The Kier molecular flexibility index (Phi) is 8.81. The van der Waals surface area contributed by atoms with Crippen LogP contribution in [0.4, 0.5) is 4.39 Å². The Morgan fingerprint density at radius 1 is 0.368 bits per heavy atom. The molecule has 10 rings (SSSR count). The normalized spacial score (nSPS) is 11.3. The van der Waals surface area contributed by atoms with Crippen LogP contribution in [0.3, 0.4) is 0 Å². The number of thiophene rings is 1. The van der Waals surface area contributed by atoms with Gasteiger partial charge in [0.05, 0.1) is 11.4 Å². The number of halogens is 1. The van der Waals surface area contributed by atoms with Crippen molar-refractivity contribution in [1.29, 1.82) is 0 Å². The Morgan fingerprint density at radius 3 is 1.68 bits per heavy atom. The largest absolute Gasteiger partial charge is 0.256 e. The van der Waals surface area contributed by atoms with E-state index >= 15 is 0 Å². The summed E-state index contributed by atoms with van der Waals surface area (Å²) in [7, 11) is 0. The Balaban J connectivity index is 1.09. The second-order valence-corrected chi connectivity index (χ2v) is 15.5. The number of nitrogens with zero attached hydrogens (tertiary/aromatic N) is 2. The summed E-state index contributed by atoms with van der Waals surface area (Å²) in [6.07, 6.45) is 3.97. The van der Waals surface area contributed by atoms with Gasteiger partial charge in [0.1, 0.15) is 5.82 Å². The van der Waals surface area contributed by atoms with Crippen LogP contribution < -0.4 is 0 Å². The fourth-order valence-electron chi connectivity index (χ4n) is 7.96. The number of aromatic nitrogens is 2. The molecule has 0 amide bonds. The summed E-state index contributed by atoms with van der Waals surface area (Å²) in [4.78, 5) is 9.86. The molecular formula is C53H35FN2S. The molecule has 0 radical (unpaired) electrons. The van der Waals surface area contributed by atoms with E-state index in [0.717, 1.165) is 78.1 Å². The fourth-order valence-corrected chi connectivity index (χ4v) is 9.11. The number of aryl methyl sites for hydroxylation is 1. The minimum absolute atomic E-state index is 0.257. The minimum Gasteiger partial charge on any atom is -0.256 e. The SMILES string of the molecule is Cc1cc(-c2ccccc2-c2ccc(-c3ccc(F)cc3)nc2)cc(-c2ccccc2-c2cnc(-c3ccccc3)cc2-c2ccc3c(c2)sc2ccccc23)c1. The highest BCUT2D eigenvalue weighted by atomic mass is 32.1. The summed E-state index contributed by atoms with van der Waals surface area (Å²) >= 11 is 1.84. The molecule has 2 nitrogen and oxygen atoms in total. The summed E-state index contributed by atoms with van der Waals surface area (Å²) in [5.74, 6) is -0.257. The molecule has 0 bridgehead atoms. The maximum absolute atomic E-state index is 13.6. The van der Waals surface area contributed by atoms with Crippen molar-refractivity contribution in [2.24, 2.45) is 0 Å². The molecule has 0 saturated carbocycles. The highest BCUT2D eigenvalue weighted by molar-refractivity contribution is 7.25. The zero-order valence-corrected chi connectivity index (χ0v) is 32.0. The standard InChI is InChI=1S/C53H35FN2S/c1-34-27-39(43-14-6-5-13-42(43)38-22-26-50(55-32-38)36-19-23-41(54)24-20-36)29-40(28-34)44-15-7-8-16-45(44)49-33-56-51(35-11-3-2-4-12-35)31-48(49)37-21-25-47-46-17-9-10-18-52(46)57-53(47)30-37/h2-33H,1H3. The molecule has 0 aliphatic heterocycles. The fraction of sp³-hybridized carbons (Fsp3) is 0.0189. The number of pyridine rings is 2. The summed E-state index contributed by atoms with van der Waals surface area (Å²) in [6.45, 7) is 2.17. The van der Waals surface area contributed by atoms with Crippen LogP contribution in [-0.2, 0) is 0 Å². The maximum atomic E-state index is 13.6. The second kappa shape index (κ2) is 14.6. The lowest BCUT2D eigenvalue weighted by Crippen LogP contribution is -1.94. The van der Waals surface area contributed by atoms with Crippen molar-refractivity contribution in [2.75, 3.05) is 0 Å². The average Bonchev–Trinajstić information content (AvgIpc) is 3.65. The van der Waals surface area contributed by atoms with E-state index in [4.69, 9.17) is 9.97 Å². The Labute approximate surface area is 335 Å². The number of fused-ring (bicyclic) bond motifs is 3. The van der Waals surface area contributed by atoms with Gasteiger partial charge < -0.3 is 0 Å². The molecule has 7 aromatic carbocycles. The molecule has 10 aromatic rings. The molecular weight excluding hydrogens is 716 g/mol. The van der Waals surface area contributed by atoms with E-state index in [1.54, 1.807) is 12.1 Å². The van der Waals surface area contributed by atoms with Crippen molar-refractivity contribution in [3.05, 3.63) is 206 Å². The molecule has 4 heteroatoms. The average molecular weight is 751 g/mol. The molecule has 0 unspecified atom stereocenters. The van der Waals surface area contributed by atoms with Crippen LogP contribution in [0.2, 0.25) is 0 Å². The van der Waals surface area contributed by atoms with E-state index in [1.165, 1.54) is 37.9 Å². The van der Waals surface area contributed by atoms with Crippen LogP contribution in [0.15, 0.2) is 194 Å². The molecule has 0 saturated heterocycles. The van der Waals surface area contributed by atoms with Crippen LogP contribution in [0.25, 0.3) is 98.3 Å². The predicted molar refractivity (Wildman–Crippen MR) is 238 cm³/mol. The topological polar surface area (TPSA) is 25.8 Å². The van der Waals surface area contributed by atoms with Gasteiger partial charge in [-0.2, -0.15) is 0 Å². The first kappa shape index (κ1) is 34.5. The summed E-state index contributed by atoms with van der Waals surface area (Å²) in [5, 5.41) is 2.58. The third-order valence-corrected chi connectivity index (χ3v) is 11.9. The first-order valence-corrected chi connectivity index (χ1v) is 19.9. The van der Waals surface area contributed by atoms with Crippen molar-refractivity contribution in [3.8, 4) is 78.1 Å². The van der Waals surface area contributed by atoms with Crippen LogP contribution in [0.5, 0.6) is 0 Å². The smallest absolute Gasteiger partial charge is 0.123 e. The van der Waals surface area contributed by atoms with E-state index in [0.29, 0.717) is 0 Å². The van der Waals surface area contributed by atoms with Crippen LogP contribution in [-0.4, -0.2) is 9.97 Å². The quantitative estimate of drug-likeness (QED) is 0.162. The van der Waals surface area contributed by atoms with Gasteiger partial charge in [-0.25, -0.2) is 4.39 Å². The van der Waals surface area contributed by atoms with Crippen molar-refractivity contribution >= 4 is 31.5 Å². The lowest BCUT2D eigenvalue weighted by molar-refractivity contribution is 0.628. The molecule has 270 valence electrons. The van der Waals surface area contributed by atoms with Gasteiger partial charge in [0.2, 0.25) is 0 Å². The van der Waals surface area contributed by atoms with Crippen molar-refractivity contribution in [1.82, 2.24) is 9.97 Å². The van der Waals surface area contributed by atoms with E-state index < -0.39 is 0 Å². The monoisotopic (exact) mass is 750 g/mol. The van der Waals surface area contributed by atoms with Crippen molar-refractivity contribution < 1.29 is 4.39 Å². The lowest BCUT2D eigenvalue weighted by atomic mass is 9.87. The highest BCUT2D eigenvalue weighted by Crippen LogP contribution is 2.43. The molecule has 3 heterocycles. The van der Waals surface area contributed by atoms with E-state index in [-0.39, 0.29) is 5.82 Å². The molecule has 0 aliphatic rings. The first-order chi connectivity index (χ1) is 28.1. The van der Waals surface area contributed by atoms with Crippen molar-refractivity contribution in [3.63, 3.8) is 0 Å². The molecule has 57 heavy (non-hydrogen) atoms. The summed E-state index contributed by atoms with van der Waals surface area (Å²) < 4.78 is 16.2. The minimum atomic E-state index is -0.257. The Bertz CT molecular complexity index is 3080. The van der Waals surface area contributed by atoms with Gasteiger partial charge >= 0.3 is 0 Å². The van der Waals surface area contributed by atoms with Gasteiger partial charge in [-0.1, -0.05) is 127 Å². The first-order valence-electron chi connectivity index (χ1n) is 19.1. The Morgan fingerprint density at radius 2 is 0.947 bits per heavy atom. The van der Waals surface area contributed by atoms with Gasteiger partial charge in [-0.05, 0) is 112 Å². The molecule has 0 aliphatic carbocycles. The Hall–Kier alpha value is -7.01. The van der Waals surface area contributed by atoms with Crippen LogP contribution >= 0.6 is 11.3 Å². The number of hydrogen-bond donors (Lipinski definition) is 0. The predicted octanol–water partition coefficient (Wildman–Crippen LogP) is 15.0. The number of rotatable bonds is 7. The maximum Gasteiger partial charge on any atom is 0.123 e. The van der Waals surface area contributed by atoms with Gasteiger partial charge in [0, 0.05) is 54.8 Å². The van der Waals surface area contributed by atoms with E-state index in [1.807, 2.05) is 29.7 Å². The second-order valence-electron chi connectivity index (χ2n) is 14.4.